The third kappa shape index (κ3) is 6.36. The minimum absolute atomic E-state index is 0.0487. The molecule has 0 atom stereocenters. The third-order valence-electron chi connectivity index (χ3n) is 2.65. The Morgan fingerprint density at radius 2 is 2.00 bits per heavy atom. The summed E-state index contributed by atoms with van der Waals surface area (Å²) < 4.78 is 5.45. The van der Waals surface area contributed by atoms with Crippen LogP contribution in [0.15, 0.2) is 24.3 Å². The Morgan fingerprint density at radius 1 is 1.32 bits per heavy atom. The first-order valence-electron chi connectivity index (χ1n) is 6.78. The number of benzene rings is 1. The fraction of sp³-hybridized carbons (Fsp3) is 0.533. The van der Waals surface area contributed by atoms with E-state index in [2.05, 4.69) is 19.2 Å². The van der Waals surface area contributed by atoms with Crippen LogP contribution in [0, 0.1) is 5.92 Å². The number of rotatable bonds is 8. The Morgan fingerprint density at radius 3 is 2.58 bits per heavy atom. The fourth-order valence-corrected chi connectivity index (χ4v) is 1.59. The van der Waals surface area contributed by atoms with Gasteiger partial charge in [-0.1, -0.05) is 26.0 Å². The molecular formula is C15H24N2O2. The Kier molecular flexibility index (Phi) is 7.15. The molecule has 0 fully saturated rings. The van der Waals surface area contributed by atoms with Crippen LogP contribution in [-0.4, -0.2) is 25.7 Å². The zero-order chi connectivity index (χ0) is 14.1. The summed E-state index contributed by atoms with van der Waals surface area (Å²) in [4.78, 5) is 11.8. The van der Waals surface area contributed by atoms with Gasteiger partial charge in [-0.3, -0.25) is 4.79 Å². The number of carbonyl (C=O) groups excluding carboxylic acids is 1. The van der Waals surface area contributed by atoms with Gasteiger partial charge in [-0.15, -0.1) is 0 Å². The molecule has 0 aromatic heterocycles. The average Bonchev–Trinajstić information content (AvgIpc) is 2.42. The molecule has 0 aliphatic rings. The summed E-state index contributed by atoms with van der Waals surface area (Å²) in [6, 6.07) is 7.35. The molecule has 4 nitrogen and oxygen atoms in total. The van der Waals surface area contributed by atoms with Gasteiger partial charge in [0.25, 0.3) is 5.91 Å². The monoisotopic (exact) mass is 264 g/mol. The minimum Gasteiger partial charge on any atom is -0.381 e. The van der Waals surface area contributed by atoms with Crippen molar-refractivity contribution in [3.8, 4) is 0 Å². The molecule has 106 valence electrons. The molecule has 1 aromatic rings. The van der Waals surface area contributed by atoms with Crippen LogP contribution in [0.3, 0.4) is 0 Å². The molecule has 0 saturated heterocycles. The number of amides is 1. The normalized spacial score (nSPS) is 10.7. The van der Waals surface area contributed by atoms with Gasteiger partial charge in [0.15, 0.2) is 0 Å². The highest BCUT2D eigenvalue weighted by atomic mass is 16.5. The van der Waals surface area contributed by atoms with Gasteiger partial charge >= 0.3 is 0 Å². The summed E-state index contributed by atoms with van der Waals surface area (Å²) in [5.41, 5.74) is 7.20. The Bertz CT molecular complexity index is 374. The molecule has 0 aliphatic carbocycles. The highest BCUT2D eigenvalue weighted by Crippen LogP contribution is 2.03. The quantitative estimate of drug-likeness (QED) is 0.705. The molecule has 0 bridgehead atoms. The zero-order valence-electron chi connectivity index (χ0n) is 11.8. The fourth-order valence-electron chi connectivity index (χ4n) is 1.59. The number of carbonyl (C=O) groups is 1. The van der Waals surface area contributed by atoms with Gasteiger partial charge in [0.1, 0.15) is 0 Å². The van der Waals surface area contributed by atoms with Crippen LogP contribution >= 0.6 is 0 Å². The molecule has 1 amide bonds. The Labute approximate surface area is 115 Å². The van der Waals surface area contributed by atoms with Gasteiger partial charge in [-0.05, 0) is 30.0 Å². The van der Waals surface area contributed by atoms with Crippen molar-refractivity contribution in [3.05, 3.63) is 35.4 Å². The zero-order valence-corrected chi connectivity index (χ0v) is 11.8. The number of hydrogen-bond donors (Lipinski definition) is 2. The second-order valence-corrected chi connectivity index (χ2v) is 4.98. The number of nitrogens with two attached hydrogens (primary N) is 1. The number of hydrogen-bond acceptors (Lipinski definition) is 3. The van der Waals surface area contributed by atoms with Crippen molar-refractivity contribution in [2.45, 2.75) is 26.8 Å². The maximum absolute atomic E-state index is 11.8. The van der Waals surface area contributed by atoms with Gasteiger partial charge in [0.2, 0.25) is 0 Å². The van der Waals surface area contributed by atoms with E-state index in [9.17, 15) is 4.79 Å². The predicted molar refractivity (Wildman–Crippen MR) is 76.9 cm³/mol. The van der Waals surface area contributed by atoms with Gasteiger partial charge in [-0.2, -0.15) is 0 Å². The Hall–Kier alpha value is -1.39. The third-order valence-corrected chi connectivity index (χ3v) is 2.65. The van der Waals surface area contributed by atoms with Crippen LogP contribution in [0.25, 0.3) is 0 Å². The number of nitrogens with one attached hydrogen (secondary N) is 1. The van der Waals surface area contributed by atoms with E-state index in [0.717, 1.165) is 18.6 Å². The lowest BCUT2D eigenvalue weighted by Crippen LogP contribution is -2.25. The maximum Gasteiger partial charge on any atom is 0.251 e. The second-order valence-electron chi connectivity index (χ2n) is 4.98. The summed E-state index contributed by atoms with van der Waals surface area (Å²) in [5.74, 6) is 0.503. The molecule has 0 unspecified atom stereocenters. The largest absolute Gasteiger partial charge is 0.381 e. The van der Waals surface area contributed by atoms with Crippen molar-refractivity contribution in [1.29, 1.82) is 0 Å². The molecule has 0 spiro atoms. The van der Waals surface area contributed by atoms with E-state index in [0.29, 0.717) is 31.2 Å². The molecule has 0 heterocycles. The summed E-state index contributed by atoms with van der Waals surface area (Å²) in [6.07, 6.45) is 0.833. The van der Waals surface area contributed by atoms with Gasteiger partial charge in [-0.25, -0.2) is 0 Å². The van der Waals surface area contributed by atoms with E-state index in [1.165, 1.54) is 0 Å². The molecule has 19 heavy (non-hydrogen) atoms. The van der Waals surface area contributed by atoms with E-state index in [1.54, 1.807) is 12.1 Å². The first kappa shape index (κ1) is 15.7. The topological polar surface area (TPSA) is 64.3 Å². The van der Waals surface area contributed by atoms with E-state index in [1.807, 2.05) is 12.1 Å². The summed E-state index contributed by atoms with van der Waals surface area (Å²) in [6.45, 7) is 6.82. The molecule has 0 aliphatic heterocycles. The van der Waals surface area contributed by atoms with Gasteiger partial charge in [0, 0.05) is 31.9 Å². The van der Waals surface area contributed by atoms with Crippen molar-refractivity contribution in [3.63, 3.8) is 0 Å². The lowest BCUT2D eigenvalue weighted by molar-refractivity contribution is 0.0925. The molecule has 3 N–H and O–H groups in total. The van der Waals surface area contributed by atoms with Crippen molar-refractivity contribution >= 4 is 5.91 Å². The molecule has 4 heteroatoms. The van der Waals surface area contributed by atoms with Crippen molar-refractivity contribution in [2.24, 2.45) is 11.7 Å². The number of ether oxygens (including phenoxy) is 1. The summed E-state index contributed by atoms with van der Waals surface area (Å²) in [5, 5.41) is 2.87. The predicted octanol–water partition coefficient (Wildman–Crippen LogP) is 1.94. The lowest BCUT2D eigenvalue weighted by atomic mass is 10.1. The SMILES string of the molecule is CC(C)COCCCNC(=O)c1ccc(CN)cc1. The van der Waals surface area contributed by atoms with E-state index >= 15 is 0 Å². The van der Waals surface area contributed by atoms with Crippen LogP contribution in [0.1, 0.15) is 36.2 Å². The van der Waals surface area contributed by atoms with Gasteiger partial charge < -0.3 is 15.8 Å². The highest BCUT2D eigenvalue weighted by molar-refractivity contribution is 5.94. The van der Waals surface area contributed by atoms with Gasteiger partial charge in [0.05, 0.1) is 0 Å². The van der Waals surface area contributed by atoms with Crippen LogP contribution in [0.2, 0.25) is 0 Å². The van der Waals surface area contributed by atoms with Crippen LogP contribution < -0.4 is 11.1 Å². The van der Waals surface area contributed by atoms with Crippen molar-refractivity contribution in [1.82, 2.24) is 5.32 Å². The Balaban J connectivity index is 2.20. The molecule has 1 aromatic carbocycles. The lowest BCUT2D eigenvalue weighted by Gasteiger charge is -2.08. The molecular weight excluding hydrogens is 240 g/mol. The molecule has 0 saturated carbocycles. The van der Waals surface area contributed by atoms with Crippen LogP contribution in [-0.2, 0) is 11.3 Å². The summed E-state index contributed by atoms with van der Waals surface area (Å²) in [7, 11) is 0. The maximum atomic E-state index is 11.8. The van der Waals surface area contributed by atoms with Crippen molar-refractivity contribution in [2.75, 3.05) is 19.8 Å². The van der Waals surface area contributed by atoms with Crippen molar-refractivity contribution < 1.29 is 9.53 Å². The molecule has 0 radical (unpaired) electrons. The molecule has 1 rings (SSSR count). The van der Waals surface area contributed by atoms with Crippen LogP contribution in [0.4, 0.5) is 0 Å². The minimum atomic E-state index is -0.0487. The first-order valence-corrected chi connectivity index (χ1v) is 6.78. The first-order chi connectivity index (χ1) is 9.13. The smallest absolute Gasteiger partial charge is 0.251 e. The standard InChI is InChI=1S/C15H24N2O2/c1-12(2)11-19-9-3-8-17-15(18)14-6-4-13(10-16)5-7-14/h4-7,12H,3,8-11,16H2,1-2H3,(H,17,18). The average molecular weight is 264 g/mol. The van der Waals surface area contributed by atoms with E-state index in [4.69, 9.17) is 10.5 Å². The van der Waals surface area contributed by atoms with E-state index < -0.39 is 0 Å². The summed E-state index contributed by atoms with van der Waals surface area (Å²) >= 11 is 0. The second kappa shape index (κ2) is 8.67. The highest BCUT2D eigenvalue weighted by Gasteiger charge is 2.04. The van der Waals surface area contributed by atoms with Crippen LogP contribution in [0.5, 0.6) is 0 Å². The van der Waals surface area contributed by atoms with E-state index in [-0.39, 0.29) is 5.91 Å².